The van der Waals surface area contributed by atoms with E-state index in [0.29, 0.717) is 6.54 Å². The molecule has 0 spiro atoms. The van der Waals surface area contributed by atoms with Gasteiger partial charge in [-0.3, -0.25) is 9.69 Å². The smallest absolute Gasteiger partial charge is 0.237 e. The van der Waals surface area contributed by atoms with Gasteiger partial charge in [-0.2, -0.15) is 0 Å². The number of amides is 1. The molecule has 1 amide bonds. The van der Waals surface area contributed by atoms with Crippen LogP contribution < -0.4 is 10.1 Å². The number of ether oxygens (including phenoxy) is 1. The van der Waals surface area contributed by atoms with E-state index in [4.69, 9.17) is 4.74 Å². The Kier molecular flexibility index (Phi) is 6.23. The van der Waals surface area contributed by atoms with Crippen LogP contribution in [-0.4, -0.2) is 36.5 Å². The second-order valence-corrected chi connectivity index (χ2v) is 7.20. The molecule has 0 aliphatic rings. The molecule has 0 saturated carbocycles. The summed E-state index contributed by atoms with van der Waals surface area (Å²) in [5, 5.41) is 3.00. The summed E-state index contributed by atoms with van der Waals surface area (Å²) in [5.74, 6) is 0.854. The van der Waals surface area contributed by atoms with Crippen LogP contribution >= 0.6 is 15.9 Å². The highest BCUT2D eigenvalue weighted by Crippen LogP contribution is 2.24. The van der Waals surface area contributed by atoms with Gasteiger partial charge >= 0.3 is 0 Å². The molecule has 1 aromatic rings. The Balaban J connectivity index is 2.78. The number of methoxy groups -OCH3 is 1. The lowest BCUT2D eigenvalue weighted by atomic mass is 10.1. The third kappa shape index (κ3) is 5.67. The summed E-state index contributed by atoms with van der Waals surface area (Å²) in [5.41, 5.74) is 0.824. The van der Waals surface area contributed by atoms with Crippen molar-refractivity contribution in [2.45, 2.75) is 45.8 Å². The first-order valence-corrected chi connectivity index (χ1v) is 7.78. The van der Waals surface area contributed by atoms with E-state index in [1.54, 1.807) is 7.11 Å². The van der Waals surface area contributed by atoms with E-state index < -0.39 is 0 Å². The van der Waals surface area contributed by atoms with Gasteiger partial charge in [-0.05, 0) is 52.9 Å². The number of rotatable bonds is 5. The Hall–Kier alpha value is -1.07. The number of benzene rings is 1. The Bertz CT molecular complexity index is 498. The highest BCUT2D eigenvalue weighted by atomic mass is 79.9. The maximum absolute atomic E-state index is 12.2. The van der Waals surface area contributed by atoms with E-state index in [-0.39, 0.29) is 17.5 Å². The van der Waals surface area contributed by atoms with Crippen LogP contribution in [0.3, 0.4) is 0 Å². The van der Waals surface area contributed by atoms with Crippen molar-refractivity contribution in [2.75, 3.05) is 14.2 Å². The van der Waals surface area contributed by atoms with Gasteiger partial charge < -0.3 is 10.1 Å². The number of hydrogen-bond acceptors (Lipinski definition) is 3. The van der Waals surface area contributed by atoms with Crippen LogP contribution in [-0.2, 0) is 11.3 Å². The SMILES string of the molecule is COc1ccc(Br)cc1CN(C)[C@H](C)C(=O)NC(C)(C)C. The zero-order valence-corrected chi connectivity index (χ0v) is 15.2. The minimum Gasteiger partial charge on any atom is -0.496 e. The third-order valence-electron chi connectivity index (χ3n) is 3.20. The summed E-state index contributed by atoms with van der Waals surface area (Å²) in [6.07, 6.45) is 0. The molecule has 0 bridgehead atoms. The molecule has 1 aromatic carbocycles. The Morgan fingerprint density at radius 3 is 2.57 bits per heavy atom. The molecule has 1 N–H and O–H groups in total. The zero-order valence-electron chi connectivity index (χ0n) is 13.7. The van der Waals surface area contributed by atoms with Gasteiger partial charge in [0.15, 0.2) is 0 Å². The van der Waals surface area contributed by atoms with Gasteiger partial charge in [0.2, 0.25) is 5.91 Å². The van der Waals surface area contributed by atoms with E-state index >= 15 is 0 Å². The Morgan fingerprint density at radius 1 is 1.43 bits per heavy atom. The second kappa shape index (κ2) is 7.27. The number of hydrogen-bond donors (Lipinski definition) is 1. The fourth-order valence-electron chi connectivity index (χ4n) is 1.95. The van der Waals surface area contributed by atoms with Crippen LogP contribution in [0.15, 0.2) is 22.7 Å². The van der Waals surface area contributed by atoms with Crippen molar-refractivity contribution in [1.29, 1.82) is 0 Å². The summed E-state index contributed by atoms with van der Waals surface area (Å²) in [6, 6.07) is 5.67. The molecule has 0 aliphatic carbocycles. The van der Waals surface area contributed by atoms with Crippen LogP contribution in [0.4, 0.5) is 0 Å². The standard InChI is InChI=1S/C16H25BrN2O2/c1-11(15(20)18-16(2,3)4)19(5)10-12-9-13(17)7-8-14(12)21-6/h7-9,11H,10H2,1-6H3,(H,18,20)/t11-/m1/s1. The summed E-state index contributed by atoms with van der Waals surface area (Å²) in [6.45, 7) is 8.49. The van der Waals surface area contributed by atoms with Crippen LogP contribution in [0.2, 0.25) is 0 Å². The molecule has 5 heteroatoms. The number of halogens is 1. The van der Waals surface area contributed by atoms with Crippen molar-refractivity contribution in [1.82, 2.24) is 10.2 Å². The summed E-state index contributed by atoms with van der Waals surface area (Å²) in [7, 11) is 3.59. The highest BCUT2D eigenvalue weighted by Gasteiger charge is 2.23. The number of nitrogens with one attached hydrogen (secondary N) is 1. The zero-order chi connectivity index (χ0) is 16.2. The van der Waals surface area contributed by atoms with E-state index in [9.17, 15) is 4.79 Å². The van der Waals surface area contributed by atoms with Crippen molar-refractivity contribution < 1.29 is 9.53 Å². The number of carbonyl (C=O) groups is 1. The number of likely N-dealkylation sites (N-methyl/N-ethyl adjacent to an activating group) is 1. The molecule has 1 rings (SSSR count). The van der Waals surface area contributed by atoms with Gasteiger partial charge in [0.05, 0.1) is 13.2 Å². The second-order valence-electron chi connectivity index (χ2n) is 6.29. The first kappa shape index (κ1) is 18.0. The molecule has 0 aromatic heterocycles. The quantitative estimate of drug-likeness (QED) is 0.880. The van der Waals surface area contributed by atoms with Gasteiger partial charge in [0.25, 0.3) is 0 Å². The van der Waals surface area contributed by atoms with Gasteiger partial charge in [-0.25, -0.2) is 0 Å². The van der Waals surface area contributed by atoms with Crippen molar-refractivity contribution in [2.24, 2.45) is 0 Å². The number of carbonyl (C=O) groups excluding carboxylic acids is 1. The Morgan fingerprint density at radius 2 is 2.05 bits per heavy atom. The molecule has 1 atom stereocenters. The van der Waals surface area contributed by atoms with Gasteiger partial charge in [-0.15, -0.1) is 0 Å². The molecule has 0 unspecified atom stereocenters. The van der Waals surface area contributed by atoms with Crippen LogP contribution in [0.5, 0.6) is 5.75 Å². The maximum atomic E-state index is 12.2. The van der Waals surface area contributed by atoms with E-state index in [2.05, 4.69) is 21.2 Å². The first-order valence-electron chi connectivity index (χ1n) is 6.98. The van der Waals surface area contributed by atoms with Crippen molar-refractivity contribution >= 4 is 21.8 Å². The first-order chi connectivity index (χ1) is 9.64. The van der Waals surface area contributed by atoms with Crippen molar-refractivity contribution in [3.8, 4) is 5.75 Å². The predicted molar refractivity (Wildman–Crippen MR) is 89.5 cm³/mol. The highest BCUT2D eigenvalue weighted by molar-refractivity contribution is 9.10. The summed E-state index contributed by atoms with van der Waals surface area (Å²) >= 11 is 3.47. The van der Waals surface area contributed by atoms with E-state index in [1.165, 1.54) is 0 Å². The normalized spacial score (nSPS) is 13.1. The van der Waals surface area contributed by atoms with Gasteiger partial charge in [0, 0.05) is 22.1 Å². The average Bonchev–Trinajstić information content (AvgIpc) is 2.36. The Labute approximate surface area is 136 Å². The maximum Gasteiger partial charge on any atom is 0.237 e. The van der Waals surface area contributed by atoms with Crippen LogP contribution in [0.1, 0.15) is 33.3 Å². The van der Waals surface area contributed by atoms with Crippen molar-refractivity contribution in [3.63, 3.8) is 0 Å². The molecule has 0 aliphatic heterocycles. The largest absolute Gasteiger partial charge is 0.496 e. The molecular formula is C16H25BrN2O2. The van der Waals surface area contributed by atoms with Crippen molar-refractivity contribution in [3.05, 3.63) is 28.2 Å². The molecule has 4 nitrogen and oxygen atoms in total. The topological polar surface area (TPSA) is 41.6 Å². The molecule has 0 radical (unpaired) electrons. The predicted octanol–water partition coefficient (Wildman–Crippen LogP) is 3.19. The fourth-order valence-corrected chi connectivity index (χ4v) is 2.36. The fraction of sp³-hybridized carbons (Fsp3) is 0.562. The number of nitrogens with zero attached hydrogens (tertiary/aromatic N) is 1. The lowest BCUT2D eigenvalue weighted by molar-refractivity contribution is -0.127. The average molecular weight is 357 g/mol. The minimum absolute atomic E-state index is 0.0268. The molecule has 0 heterocycles. The van der Waals surface area contributed by atoms with Crippen LogP contribution in [0, 0.1) is 0 Å². The monoisotopic (exact) mass is 356 g/mol. The minimum atomic E-state index is -0.223. The van der Waals surface area contributed by atoms with Gasteiger partial charge in [0.1, 0.15) is 5.75 Å². The molecule has 0 saturated heterocycles. The lowest BCUT2D eigenvalue weighted by Gasteiger charge is -2.28. The summed E-state index contributed by atoms with van der Waals surface area (Å²) in [4.78, 5) is 14.2. The summed E-state index contributed by atoms with van der Waals surface area (Å²) < 4.78 is 6.37. The molecular weight excluding hydrogens is 332 g/mol. The lowest BCUT2D eigenvalue weighted by Crippen LogP contribution is -2.49. The van der Waals surface area contributed by atoms with Crippen LogP contribution in [0.25, 0.3) is 0 Å². The van der Waals surface area contributed by atoms with E-state index in [1.807, 2.05) is 57.8 Å². The molecule has 21 heavy (non-hydrogen) atoms. The van der Waals surface area contributed by atoms with E-state index in [0.717, 1.165) is 15.8 Å². The molecule has 0 fully saturated rings. The third-order valence-corrected chi connectivity index (χ3v) is 3.69. The van der Waals surface area contributed by atoms with Gasteiger partial charge in [-0.1, -0.05) is 15.9 Å². The molecule has 118 valence electrons.